The quantitative estimate of drug-likeness (QED) is 0.388. The van der Waals surface area contributed by atoms with Crippen molar-refractivity contribution in [2.75, 3.05) is 0 Å². The molecule has 0 aliphatic rings. The van der Waals surface area contributed by atoms with E-state index in [1.807, 2.05) is 49.4 Å². The number of H-pyrrole nitrogens is 1. The second-order valence-electron chi connectivity index (χ2n) is 5.06. The number of nitrogens with zero attached hydrogens (tertiary/aromatic N) is 1. The highest BCUT2D eigenvalue weighted by Crippen LogP contribution is 2.22. The van der Waals surface area contributed by atoms with Crippen molar-refractivity contribution in [1.29, 1.82) is 0 Å². The standard InChI is InChI=1S/C17H12N2O/c1-10-4-5-14-12(9-10)17(20)16-11-3-2-8-18-13(11)6-7-15(16)19-14/h2-9H,1H3,(H,19,20). The summed E-state index contributed by atoms with van der Waals surface area (Å²) in [5.74, 6) is 0. The van der Waals surface area contributed by atoms with E-state index in [1.165, 1.54) is 0 Å². The van der Waals surface area contributed by atoms with Gasteiger partial charge in [-0.05, 0) is 37.3 Å². The van der Waals surface area contributed by atoms with Gasteiger partial charge in [0.15, 0.2) is 5.43 Å². The fourth-order valence-corrected chi connectivity index (χ4v) is 2.74. The Labute approximate surface area is 114 Å². The fourth-order valence-electron chi connectivity index (χ4n) is 2.74. The van der Waals surface area contributed by atoms with E-state index in [2.05, 4.69) is 9.97 Å². The van der Waals surface area contributed by atoms with E-state index in [9.17, 15) is 4.79 Å². The van der Waals surface area contributed by atoms with Gasteiger partial charge in [0, 0.05) is 22.5 Å². The summed E-state index contributed by atoms with van der Waals surface area (Å²) in [5, 5.41) is 2.34. The van der Waals surface area contributed by atoms with E-state index in [0.717, 1.165) is 32.9 Å². The molecule has 4 aromatic rings. The normalized spacial score (nSPS) is 11.4. The zero-order valence-corrected chi connectivity index (χ0v) is 11.0. The molecule has 2 aromatic carbocycles. The van der Waals surface area contributed by atoms with Crippen LogP contribution < -0.4 is 5.43 Å². The summed E-state index contributed by atoms with van der Waals surface area (Å²) in [4.78, 5) is 20.5. The molecule has 3 heteroatoms. The second kappa shape index (κ2) is 3.90. The maximum absolute atomic E-state index is 12.8. The van der Waals surface area contributed by atoms with Gasteiger partial charge in [-0.25, -0.2) is 0 Å². The van der Waals surface area contributed by atoms with Crippen LogP contribution in [0.15, 0.2) is 53.5 Å². The summed E-state index contributed by atoms with van der Waals surface area (Å²) in [7, 11) is 0. The molecule has 0 spiro atoms. The molecule has 2 aromatic heterocycles. The van der Waals surface area contributed by atoms with Crippen LogP contribution in [0.2, 0.25) is 0 Å². The highest BCUT2D eigenvalue weighted by molar-refractivity contribution is 6.08. The van der Waals surface area contributed by atoms with E-state index < -0.39 is 0 Å². The van der Waals surface area contributed by atoms with Crippen LogP contribution in [0.4, 0.5) is 0 Å². The Balaban J connectivity index is 2.34. The van der Waals surface area contributed by atoms with Gasteiger partial charge in [-0.15, -0.1) is 0 Å². The Morgan fingerprint density at radius 1 is 1.00 bits per heavy atom. The van der Waals surface area contributed by atoms with Gasteiger partial charge < -0.3 is 4.98 Å². The molecule has 20 heavy (non-hydrogen) atoms. The third-order valence-electron chi connectivity index (χ3n) is 3.70. The monoisotopic (exact) mass is 260 g/mol. The average Bonchev–Trinajstić information content (AvgIpc) is 2.48. The predicted molar refractivity (Wildman–Crippen MR) is 82.1 cm³/mol. The van der Waals surface area contributed by atoms with Crippen LogP contribution in [0.5, 0.6) is 0 Å². The first kappa shape index (κ1) is 11.2. The first-order valence-electron chi connectivity index (χ1n) is 6.54. The van der Waals surface area contributed by atoms with Crippen LogP contribution in [0.1, 0.15) is 5.56 Å². The Bertz CT molecular complexity index is 1030. The number of rotatable bonds is 0. The van der Waals surface area contributed by atoms with Gasteiger partial charge in [0.2, 0.25) is 0 Å². The highest BCUT2D eigenvalue weighted by atomic mass is 16.1. The topological polar surface area (TPSA) is 45.8 Å². The first-order chi connectivity index (χ1) is 9.74. The van der Waals surface area contributed by atoms with Gasteiger partial charge in [0.05, 0.1) is 16.4 Å². The van der Waals surface area contributed by atoms with E-state index in [-0.39, 0.29) is 5.43 Å². The molecule has 0 atom stereocenters. The maximum atomic E-state index is 12.8. The van der Waals surface area contributed by atoms with Crippen molar-refractivity contribution in [2.24, 2.45) is 0 Å². The molecular formula is C17H12N2O. The minimum Gasteiger partial charge on any atom is -0.354 e. The summed E-state index contributed by atoms with van der Waals surface area (Å²) in [5.41, 5.74) is 3.72. The molecule has 0 saturated carbocycles. The minimum absolute atomic E-state index is 0.0658. The highest BCUT2D eigenvalue weighted by Gasteiger charge is 2.09. The maximum Gasteiger partial charge on any atom is 0.197 e. The van der Waals surface area contributed by atoms with E-state index >= 15 is 0 Å². The molecule has 3 nitrogen and oxygen atoms in total. The minimum atomic E-state index is 0.0658. The SMILES string of the molecule is Cc1ccc2[nH]c3ccc4ncccc4c3c(=O)c2c1. The Kier molecular flexibility index (Phi) is 2.18. The smallest absolute Gasteiger partial charge is 0.197 e. The van der Waals surface area contributed by atoms with Crippen molar-refractivity contribution < 1.29 is 0 Å². The summed E-state index contributed by atoms with van der Waals surface area (Å²) < 4.78 is 0. The van der Waals surface area contributed by atoms with Gasteiger partial charge >= 0.3 is 0 Å². The van der Waals surface area contributed by atoms with Crippen LogP contribution in [-0.4, -0.2) is 9.97 Å². The van der Waals surface area contributed by atoms with Gasteiger partial charge in [-0.1, -0.05) is 17.7 Å². The lowest BCUT2D eigenvalue weighted by molar-refractivity contribution is 1.41. The molecule has 0 aliphatic carbocycles. The molecule has 0 saturated heterocycles. The first-order valence-corrected chi connectivity index (χ1v) is 6.54. The largest absolute Gasteiger partial charge is 0.354 e. The third-order valence-corrected chi connectivity index (χ3v) is 3.70. The molecular weight excluding hydrogens is 248 g/mol. The van der Waals surface area contributed by atoms with Crippen LogP contribution in [-0.2, 0) is 0 Å². The van der Waals surface area contributed by atoms with Crippen molar-refractivity contribution in [3.8, 4) is 0 Å². The van der Waals surface area contributed by atoms with Crippen molar-refractivity contribution >= 4 is 32.7 Å². The van der Waals surface area contributed by atoms with Crippen LogP contribution >= 0.6 is 0 Å². The van der Waals surface area contributed by atoms with Crippen molar-refractivity contribution in [3.63, 3.8) is 0 Å². The molecule has 0 fully saturated rings. The molecule has 96 valence electrons. The van der Waals surface area contributed by atoms with Gasteiger partial charge in [-0.2, -0.15) is 0 Å². The molecule has 0 aliphatic heterocycles. The number of aryl methyl sites for hydroxylation is 1. The lowest BCUT2D eigenvalue weighted by Crippen LogP contribution is -2.05. The fraction of sp³-hybridized carbons (Fsp3) is 0.0588. The Hall–Kier alpha value is -2.68. The summed E-state index contributed by atoms with van der Waals surface area (Å²) in [6.45, 7) is 1.99. The van der Waals surface area contributed by atoms with Crippen LogP contribution in [0.3, 0.4) is 0 Å². The van der Waals surface area contributed by atoms with Crippen molar-refractivity contribution in [1.82, 2.24) is 9.97 Å². The molecule has 4 rings (SSSR count). The molecule has 0 radical (unpaired) electrons. The lowest BCUT2D eigenvalue weighted by atomic mass is 10.0. The summed E-state index contributed by atoms with van der Waals surface area (Å²) in [6, 6.07) is 13.6. The van der Waals surface area contributed by atoms with Crippen molar-refractivity contribution in [3.05, 3.63) is 64.4 Å². The number of fused-ring (bicyclic) bond motifs is 4. The molecule has 2 heterocycles. The van der Waals surface area contributed by atoms with E-state index in [0.29, 0.717) is 5.39 Å². The number of benzene rings is 2. The van der Waals surface area contributed by atoms with E-state index in [4.69, 9.17) is 0 Å². The van der Waals surface area contributed by atoms with Gasteiger partial charge in [0.1, 0.15) is 0 Å². The number of aromatic nitrogens is 2. The number of nitrogens with one attached hydrogen (secondary N) is 1. The molecule has 1 N–H and O–H groups in total. The van der Waals surface area contributed by atoms with E-state index in [1.54, 1.807) is 6.20 Å². The van der Waals surface area contributed by atoms with Gasteiger partial charge in [-0.3, -0.25) is 9.78 Å². The zero-order valence-electron chi connectivity index (χ0n) is 11.0. The van der Waals surface area contributed by atoms with Crippen LogP contribution in [0.25, 0.3) is 32.7 Å². The average molecular weight is 260 g/mol. The Morgan fingerprint density at radius 2 is 1.85 bits per heavy atom. The summed E-state index contributed by atoms with van der Waals surface area (Å²) >= 11 is 0. The molecule has 0 bridgehead atoms. The zero-order chi connectivity index (χ0) is 13.7. The number of hydrogen-bond donors (Lipinski definition) is 1. The molecule has 0 amide bonds. The van der Waals surface area contributed by atoms with Crippen LogP contribution in [0, 0.1) is 6.92 Å². The number of hydrogen-bond acceptors (Lipinski definition) is 2. The number of aromatic amines is 1. The third kappa shape index (κ3) is 1.46. The van der Waals surface area contributed by atoms with Gasteiger partial charge in [0.25, 0.3) is 0 Å². The molecule has 0 unspecified atom stereocenters. The number of pyridine rings is 2. The summed E-state index contributed by atoms with van der Waals surface area (Å²) in [6.07, 6.45) is 1.74. The second-order valence-corrected chi connectivity index (χ2v) is 5.06. The predicted octanol–water partition coefficient (Wildman–Crippen LogP) is 3.54. The Morgan fingerprint density at radius 3 is 2.75 bits per heavy atom. The van der Waals surface area contributed by atoms with Crippen molar-refractivity contribution in [2.45, 2.75) is 6.92 Å². The lowest BCUT2D eigenvalue weighted by Gasteiger charge is -2.06.